The Morgan fingerprint density at radius 2 is 2.31 bits per heavy atom. The molecule has 0 radical (unpaired) electrons. The average molecular weight is 188 g/mol. The van der Waals surface area contributed by atoms with Gasteiger partial charge in [-0.15, -0.1) is 0 Å². The van der Waals surface area contributed by atoms with Gasteiger partial charge in [0.2, 0.25) is 0 Å². The lowest BCUT2D eigenvalue weighted by molar-refractivity contribution is 0.0674. The lowest BCUT2D eigenvalue weighted by Gasteiger charge is -2.23. The second-order valence-electron chi connectivity index (χ2n) is 3.36. The van der Waals surface area contributed by atoms with Crippen molar-refractivity contribution < 1.29 is 9.47 Å². The largest absolute Gasteiger partial charge is 0.380 e. The van der Waals surface area contributed by atoms with Gasteiger partial charge in [0.05, 0.1) is 12.7 Å². The summed E-state index contributed by atoms with van der Waals surface area (Å²) in [6.07, 6.45) is 1.28. The van der Waals surface area contributed by atoms with Crippen molar-refractivity contribution in [3.8, 4) is 0 Å². The van der Waals surface area contributed by atoms with Gasteiger partial charge in [0.25, 0.3) is 0 Å². The van der Waals surface area contributed by atoms with E-state index in [0.29, 0.717) is 6.54 Å². The number of nitrogens with zero attached hydrogens (tertiary/aromatic N) is 1. The van der Waals surface area contributed by atoms with Crippen LogP contribution < -0.4 is 5.73 Å². The molecule has 2 N–H and O–H groups in total. The minimum atomic E-state index is 0.165. The summed E-state index contributed by atoms with van der Waals surface area (Å²) >= 11 is 0. The summed E-state index contributed by atoms with van der Waals surface area (Å²) < 4.78 is 10.6. The Morgan fingerprint density at radius 1 is 1.46 bits per heavy atom. The third-order valence-electron chi connectivity index (χ3n) is 2.37. The molecule has 1 saturated heterocycles. The summed E-state index contributed by atoms with van der Waals surface area (Å²) in [5.41, 5.74) is 5.56. The fourth-order valence-corrected chi connectivity index (χ4v) is 1.51. The summed E-state index contributed by atoms with van der Waals surface area (Å²) in [6, 6.07) is 0. The number of rotatable bonds is 4. The molecular weight excluding hydrogens is 168 g/mol. The second-order valence-corrected chi connectivity index (χ2v) is 3.36. The fraction of sp³-hybridized carbons (Fsp3) is 1.00. The molecule has 0 saturated carbocycles. The van der Waals surface area contributed by atoms with Crippen molar-refractivity contribution in [2.45, 2.75) is 12.5 Å². The minimum absolute atomic E-state index is 0.165. The first-order valence-electron chi connectivity index (χ1n) is 4.89. The van der Waals surface area contributed by atoms with Crippen LogP contribution in [0.2, 0.25) is 0 Å². The molecule has 4 heteroatoms. The van der Waals surface area contributed by atoms with Gasteiger partial charge in [0.15, 0.2) is 0 Å². The van der Waals surface area contributed by atoms with E-state index in [1.165, 1.54) is 0 Å². The van der Waals surface area contributed by atoms with Gasteiger partial charge in [-0.3, -0.25) is 4.90 Å². The quantitative estimate of drug-likeness (QED) is 0.657. The Hall–Kier alpha value is -0.160. The van der Waals surface area contributed by atoms with Gasteiger partial charge < -0.3 is 15.2 Å². The normalized spacial score (nSPS) is 22.6. The molecular formula is C9H20N2O2. The van der Waals surface area contributed by atoms with E-state index in [0.717, 1.165) is 39.3 Å². The molecule has 0 spiro atoms. The van der Waals surface area contributed by atoms with Crippen molar-refractivity contribution in [2.75, 3.05) is 46.5 Å². The molecule has 78 valence electrons. The maximum Gasteiger partial charge on any atom is 0.0820 e. The van der Waals surface area contributed by atoms with Crippen molar-refractivity contribution >= 4 is 0 Å². The SMILES string of the molecule is COC(CN)CN1CCCOCC1. The third kappa shape index (κ3) is 4.04. The summed E-state index contributed by atoms with van der Waals surface area (Å²) in [7, 11) is 1.71. The Balaban J connectivity index is 2.24. The van der Waals surface area contributed by atoms with Crippen LogP contribution in [0.4, 0.5) is 0 Å². The number of hydrogen-bond donors (Lipinski definition) is 1. The van der Waals surface area contributed by atoms with Crippen molar-refractivity contribution in [2.24, 2.45) is 5.73 Å². The van der Waals surface area contributed by atoms with Crippen molar-refractivity contribution in [1.29, 1.82) is 0 Å². The molecule has 1 rings (SSSR count). The number of methoxy groups -OCH3 is 1. The first-order valence-corrected chi connectivity index (χ1v) is 4.89. The Bertz CT molecular complexity index is 121. The van der Waals surface area contributed by atoms with Crippen LogP contribution in [0.5, 0.6) is 0 Å². The van der Waals surface area contributed by atoms with Crippen molar-refractivity contribution in [3.05, 3.63) is 0 Å². The first-order chi connectivity index (χ1) is 6.36. The monoisotopic (exact) mass is 188 g/mol. The average Bonchev–Trinajstić information content (AvgIpc) is 2.42. The molecule has 0 aromatic carbocycles. The Morgan fingerprint density at radius 3 is 3.00 bits per heavy atom. The zero-order valence-electron chi connectivity index (χ0n) is 8.37. The summed E-state index contributed by atoms with van der Waals surface area (Å²) in [6.45, 7) is 5.34. The van der Waals surface area contributed by atoms with Gasteiger partial charge >= 0.3 is 0 Å². The van der Waals surface area contributed by atoms with Crippen LogP contribution in [0.1, 0.15) is 6.42 Å². The lowest BCUT2D eigenvalue weighted by Crippen LogP contribution is -2.38. The predicted octanol–water partition coefficient (Wildman–Crippen LogP) is -0.318. The third-order valence-corrected chi connectivity index (χ3v) is 2.37. The molecule has 4 nitrogen and oxygen atoms in total. The first kappa shape index (κ1) is 10.9. The fourth-order valence-electron chi connectivity index (χ4n) is 1.51. The summed E-state index contributed by atoms with van der Waals surface area (Å²) in [4.78, 5) is 2.36. The number of ether oxygens (including phenoxy) is 2. The molecule has 1 fully saturated rings. The van der Waals surface area contributed by atoms with E-state index in [2.05, 4.69) is 4.90 Å². The van der Waals surface area contributed by atoms with Crippen LogP contribution in [-0.2, 0) is 9.47 Å². The highest BCUT2D eigenvalue weighted by Crippen LogP contribution is 2.01. The van der Waals surface area contributed by atoms with E-state index in [4.69, 9.17) is 15.2 Å². The van der Waals surface area contributed by atoms with Crippen LogP contribution >= 0.6 is 0 Å². The molecule has 13 heavy (non-hydrogen) atoms. The van der Waals surface area contributed by atoms with Crippen LogP contribution in [0.3, 0.4) is 0 Å². The van der Waals surface area contributed by atoms with Gasteiger partial charge in [0.1, 0.15) is 0 Å². The molecule has 0 aliphatic carbocycles. The van der Waals surface area contributed by atoms with E-state index in [9.17, 15) is 0 Å². The Kier molecular flexibility index (Phi) is 5.31. The zero-order valence-corrected chi connectivity index (χ0v) is 8.37. The van der Waals surface area contributed by atoms with E-state index in [-0.39, 0.29) is 6.10 Å². The smallest absolute Gasteiger partial charge is 0.0820 e. The van der Waals surface area contributed by atoms with Crippen LogP contribution in [-0.4, -0.2) is 57.5 Å². The Labute approximate surface area is 80.0 Å². The van der Waals surface area contributed by atoms with Gasteiger partial charge in [-0.25, -0.2) is 0 Å². The highest BCUT2D eigenvalue weighted by atomic mass is 16.5. The minimum Gasteiger partial charge on any atom is -0.380 e. The van der Waals surface area contributed by atoms with Crippen molar-refractivity contribution in [3.63, 3.8) is 0 Å². The number of hydrogen-bond acceptors (Lipinski definition) is 4. The molecule has 1 atom stereocenters. The predicted molar refractivity (Wildman–Crippen MR) is 51.7 cm³/mol. The highest BCUT2D eigenvalue weighted by molar-refractivity contribution is 4.68. The van der Waals surface area contributed by atoms with Crippen LogP contribution in [0.25, 0.3) is 0 Å². The molecule has 0 amide bonds. The standard InChI is InChI=1S/C9H20N2O2/c1-12-9(7-10)8-11-3-2-5-13-6-4-11/h9H,2-8,10H2,1H3. The molecule has 0 aromatic rings. The molecule has 1 aliphatic rings. The van der Waals surface area contributed by atoms with E-state index in [1.807, 2.05) is 0 Å². The molecule has 1 aliphatic heterocycles. The van der Waals surface area contributed by atoms with Crippen LogP contribution in [0, 0.1) is 0 Å². The second kappa shape index (κ2) is 6.32. The maximum absolute atomic E-state index is 5.56. The zero-order chi connectivity index (χ0) is 9.52. The van der Waals surface area contributed by atoms with Gasteiger partial charge in [-0.2, -0.15) is 0 Å². The van der Waals surface area contributed by atoms with Crippen molar-refractivity contribution in [1.82, 2.24) is 4.90 Å². The van der Waals surface area contributed by atoms with Gasteiger partial charge in [0, 0.05) is 39.9 Å². The topological polar surface area (TPSA) is 47.7 Å². The summed E-state index contributed by atoms with van der Waals surface area (Å²) in [5, 5.41) is 0. The maximum atomic E-state index is 5.56. The molecule has 1 heterocycles. The molecule has 0 bridgehead atoms. The summed E-state index contributed by atoms with van der Waals surface area (Å²) in [5.74, 6) is 0. The molecule has 1 unspecified atom stereocenters. The highest BCUT2D eigenvalue weighted by Gasteiger charge is 2.13. The van der Waals surface area contributed by atoms with Gasteiger partial charge in [-0.05, 0) is 6.42 Å². The molecule has 0 aromatic heterocycles. The van der Waals surface area contributed by atoms with Crippen LogP contribution in [0.15, 0.2) is 0 Å². The lowest BCUT2D eigenvalue weighted by atomic mass is 10.3. The van der Waals surface area contributed by atoms with Gasteiger partial charge in [-0.1, -0.05) is 0 Å². The van der Waals surface area contributed by atoms with E-state index >= 15 is 0 Å². The van der Waals surface area contributed by atoms with E-state index in [1.54, 1.807) is 7.11 Å². The number of nitrogens with two attached hydrogens (primary N) is 1. The van der Waals surface area contributed by atoms with E-state index < -0.39 is 0 Å².